The standard InChI is InChI=1S/C17H26F2N2/c1-14(2)4-3-7-20-8-10-21(11-9-20)13-15-5-6-16(18)12-17(15)19/h5-6,12,14H,3-4,7-11,13H2,1-2H3. The normalized spacial score (nSPS) is 17.6. The van der Waals surface area contributed by atoms with Crippen molar-refractivity contribution in [3.8, 4) is 0 Å². The highest BCUT2D eigenvalue weighted by molar-refractivity contribution is 5.18. The minimum absolute atomic E-state index is 0.436. The fraction of sp³-hybridized carbons (Fsp3) is 0.647. The van der Waals surface area contributed by atoms with E-state index < -0.39 is 11.6 Å². The van der Waals surface area contributed by atoms with E-state index in [1.165, 1.54) is 18.9 Å². The van der Waals surface area contributed by atoms with Gasteiger partial charge in [-0.1, -0.05) is 19.9 Å². The van der Waals surface area contributed by atoms with E-state index in [9.17, 15) is 8.78 Å². The number of benzene rings is 1. The lowest BCUT2D eigenvalue weighted by molar-refractivity contribution is 0.124. The molecule has 1 aliphatic rings. The molecule has 1 heterocycles. The summed E-state index contributed by atoms with van der Waals surface area (Å²) in [5.74, 6) is -0.173. The van der Waals surface area contributed by atoms with Crippen molar-refractivity contribution in [2.75, 3.05) is 32.7 Å². The molecule has 1 saturated heterocycles. The Morgan fingerprint density at radius 2 is 1.71 bits per heavy atom. The quantitative estimate of drug-likeness (QED) is 0.792. The van der Waals surface area contributed by atoms with Crippen LogP contribution in [-0.2, 0) is 6.54 Å². The Morgan fingerprint density at radius 1 is 1.05 bits per heavy atom. The Hall–Kier alpha value is -1.00. The van der Waals surface area contributed by atoms with Crippen LogP contribution in [0.4, 0.5) is 8.78 Å². The number of piperazine rings is 1. The lowest BCUT2D eigenvalue weighted by atomic mass is 10.1. The predicted octanol–water partition coefficient (Wildman–Crippen LogP) is 3.52. The first-order valence-electron chi connectivity index (χ1n) is 7.93. The second-order valence-corrected chi connectivity index (χ2v) is 6.39. The second kappa shape index (κ2) is 7.85. The molecule has 0 spiro atoms. The van der Waals surface area contributed by atoms with Crippen molar-refractivity contribution in [2.45, 2.75) is 33.2 Å². The van der Waals surface area contributed by atoms with Crippen LogP contribution in [0.15, 0.2) is 18.2 Å². The monoisotopic (exact) mass is 296 g/mol. The van der Waals surface area contributed by atoms with Crippen LogP contribution < -0.4 is 0 Å². The topological polar surface area (TPSA) is 6.48 Å². The number of nitrogens with zero attached hydrogens (tertiary/aromatic N) is 2. The number of hydrogen-bond donors (Lipinski definition) is 0. The van der Waals surface area contributed by atoms with Gasteiger partial charge in [0.05, 0.1) is 0 Å². The molecule has 1 fully saturated rings. The molecule has 21 heavy (non-hydrogen) atoms. The molecule has 0 N–H and O–H groups in total. The van der Waals surface area contributed by atoms with Crippen molar-refractivity contribution in [3.63, 3.8) is 0 Å². The highest BCUT2D eigenvalue weighted by atomic mass is 19.1. The maximum absolute atomic E-state index is 13.6. The summed E-state index contributed by atoms with van der Waals surface area (Å²) in [4.78, 5) is 4.73. The summed E-state index contributed by atoms with van der Waals surface area (Å²) >= 11 is 0. The molecule has 0 saturated carbocycles. The van der Waals surface area contributed by atoms with E-state index in [4.69, 9.17) is 0 Å². The van der Waals surface area contributed by atoms with Crippen LogP contribution in [0, 0.1) is 17.6 Å². The molecular formula is C17H26F2N2. The van der Waals surface area contributed by atoms with Gasteiger partial charge in [-0.15, -0.1) is 0 Å². The van der Waals surface area contributed by atoms with Crippen molar-refractivity contribution in [1.29, 1.82) is 0 Å². The zero-order valence-corrected chi connectivity index (χ0v) is 13.1. The minimum Gasteiger partial charge on any atom is -0.301 e. The summed E-state index contributed by atoms with van der Waals surface area (Å²) in [5.41, 5.74) is 0.588. The molecule has 0 bridgehead atoms. The van der Waals surface area contributed by atoms with Crippen molar-refractivity contribution < 1.29 is 8.78 Å². The first-order valence-corrected chi connectivity index (χ1v) is 7.93. The van der Waals surface area contributed by atoms with Crippen LogP contribution in [0.1, 0.15) is 32.3 Å². The molecule has 0 aromatic heterocycles. The van der Waals surface area contributed by atoms with Crippen LogP contribution in [0.5, 0.6) is 0 Å². The van der Waals surface area contributed by atoms with Crippen molar-refractivity contribution in [2.24, 2.45) is 5.92 Å². The first-order chi connectivity index (χ1) is 10.0. The van der Waals surface area contributed by atoms with Gasteiger partial charge in [-0.2, -0.15) is 0 Å². The Balaban J connectivity index is 1.74. The van der Waals surface area contributed by atoms with E-state index in [-0.39, 0.29) is 0 Å². The van der Waals surface area contributed by atoms with Gasteiger partial charge >= 0.3 is 0 Å². The molecule has 1 aliphatic heterocycles. The van der Waals surface area contributed by atoms with Gasteiger partial charge in [0.15, 0.2) is 0 Å². The summed E-state index contributed by atoms with van der Waals surface area (Å²) in [6.07, 6.45) is 2.53. The third-order valence-corrected chi connectivity index (χ3v) is 4.13. The molecule has 4 heteroatoms. The van der Waals surface area contributed by atoms with Gasteiger partial charge in [0, 0.05) is 44.4 Å². The summed E-state index contributed by atoms with van der Waals surface area (Å²) < 4.78 is 26.5. The molecule has 118 valence electrons. The van der Waals surface area contributed by atoms with Gasteiger partial charge in [-0.05, 0) is 31.4 Å². The highest BCUT2D eigenvalue weighted by Crippen LogP contribution is 2.14. The van der Waals surface area contributed by atoms with Crippen LogP contribution in [-0.4, -0.2) is 42.5 Å². The Labute approximate surface area is 126 Å². The molecule has 1 aromatic rings. The van der Waals surface area contributed by atoms with Gasteiger partial charge in [0.2, 0.25) is 0 Å². The van der Waals surface area contributed by atoms with E-state index in [0.717, 1.165) is 44.7 Å². The summed E-state index contributed by atoms with van der Waals surface area (Å²) in [6, 6.07) is 3.86. The highest BCUT2D eigenvalue weighted by Gasteiger charge is 2.17. The summed E-state index contributed by atoms with van der Waals surface area (Å²) in [6.45, 7) is 10.3. The van der Waals surface area contributed by atoms with E-state index in [2.05, 4.69) is 23.6 Å². The van der Waals surface area contributed by atoms with Gasteiger partial charge in [-0.25, -0.2) is 8.78 Å². The van der Waals surface area contributed by atoms with E-state index in [1.807, 2.05) is 0 Å². The molecule has 2 nitrogen and oxygen atoms in total. The van der Waals surface area contributed by atoms with Crippen molar-refractivity contribution in [1.82, 2.24) is 9.80 Å². The predicted molar refractivity (Wildman–Crippen MR) is 82.1 cm³/mol. The van der Waals surface area contributed by atoms with Crippen LogP contribution in [0.2, 0.25) is 0 Å². The lowest BCUT2D eigenvalue weighted by Crippen LogP contribution is -2.46. The van der Waals surface area contributed by atoms with Gasteiger partial charge in [0.1, 0.15) is 11.6 Å². The lowest BCUT2D eigenvalue weighted by Gasteiger charge is -2.34. The van der Waals surface area contributed by atoms with Crippen LogP contribution >= 0.6 is 0 Å². The van der Waals surface area contributed by atoms with E-state index in [0.29, 0.717) is 12.1 Å². The van der Waals surface area contributed by atoms with Gasteiger partial charge in [-0.3, -0.25) is 4.90 Å². The maximum atomic E-state index is 13.6. The minimum atomic E-state index is -0.508. The molecule has 2 rings (SSSR count). The summed E-state index contributed by atoms with van der Waals surface area (Å²) in [5, 5.41) is 0. The number of hydrogen-bond acceptors (Lipinski definition) is 2. The maximum Gasteiger partial charge on any atom is 0.130 e. The average molecular weight is 296 g/mol. The van der Waals surface area contributed by atoms with Crippen molar-refractivity contribution in [3.05, 3.63) is 35.4 Å². The number of halogens is 2. The molecule has 0 atom stereocenters. The second-order valence-electron chi connectivity index (χ2n) is 6.39. The largest absolute Gasteiger partial charge is 0.301 e. The average Bonchev–Trinajstić information content (AvgIpc) is 2.43. The van der Waals surface area contributed by atoms with Gasteiger partial charge in [0.25, 0.3) is 0 Å². The Bertz CT molecular complexity index is 440. The zero-order valence-electron chi connectivity index (χ0n) is 13.1. The van der Waals surface area contributed by atoms with Crippen LogP contribution in [0.3, 0.4) is 0 Å². The van der Waals surface area contributed by atoms with E-state index in [1.54, 1.807) is 6.07 Å². The molecule has 1 aromatic carbocycles. The van der Waals surface area contributed by atoms with Crippen molar-refractivity contribution >= 4 is 0 Å². The molecule has 0 radical (unpaired) electrons. The van der Waals surface area contributed by atoms with Crippen LogP contribution in [0.25, 0.3) is 0 Å². The van der Waals surface area contributed by atoms with Gasteiger partial charge < -0.3 is 4.90 Å². The zero-order chi connectivity index (χ0) is 15.2. The fourth-order valence-electron chi connectivity index (χ4n) is 2.78. The first kappa shape index (κ1) is 16.4. The molecule has 0 amide bonds. The fourth-order valence-corrected chi connectivity index (χ4v) is 2.78. The Morgan fingerprint density at radius 3 is 2.33 bits per heavy atom. The SMILES string of the molecule is CC(C)CCCN1CCN(Cc2ccc(F)cc2F)CC1. The van der Waals surface area contributed by atoms with E-state index >= 15 is 0 Å². The summed E-state index contributed by atoms with van der Waals surface area (Å²) in [7, 11) is 0. The molecular weight excluding hydrogens is 270 g/mol. The number of rotatable bonds is 6. The smallest absolute Gasteiger partial charge is 0.130 e. The third kappa shape index (κ3) is 5.36. The molecule has 0 aliphatic carbocycles. The third-order valence-electron chi connectivity index (χ3n) is 4.13. The molecule has 0 unspecified atom stereocenters. The Kier molecular flexibility index (Phi) is 6.12.